The summed E-state index contributed by atoms with van der Waals surface area (Å²) in [5.41, 5.74) is 0.394. The van der Waals surface area contributed by atoms with Crippen molar-refractivity contribution in [2.45, 2.75) is 71.5 Å². The van der Waals surface area contributed by atoms with E-state index in [4.69, 9.17) is 9.47 Å². The highest BCUT2D eigenvalue weighted by Gasteiger charge is 2.60. The molecule has 0 aromatic heterocycles. The Morgan fingerprint density at radius 2 is 1.96 bits per heavy atom. The van der Waals surface area contributed by atoms with Crippen molar-refractivity contribution in [1.82, 2.24) is 0 Å². The molecular weight excluding hydrogens is 403 g/mol. The van der Waals surface area contributed by atoms with Gasteiger partial charge in [0.1, 0.15) is 0 Å². The molecule has 3 nitrogen and oxygen atoms in total. The zero-order valence-corrected chi connectivity index (χ0v) is 17.1. The SMILES string of the molecule is COC(=O)[C@H]1O[C@@]2(C)CC[C@@H]3C(C)(C)CCC[C@@]3(C)[C@@H]2C=C1I. The van der Waals surface area contributed by atoms with Crippen LogP contribution in [0.1, 0.15) is 59.8 Å². The maximum Gasteiger partial charge on any atom is 0.340 e. The molecule has 0 N–H and O–H groups in total. The molecule has 0 aromatic rings. The van der Waals surface area contributed by atoms with E-state index in [2.05, 4.69) is 56.4 Å². The predicted octanol–water partition coefficient (Wildman–Crippen LogP) is 4.88. The Hall–Kier alpha value is -0.100. The topological polar surface area (TPSA) is 35.5 Å². The van der Waals surface area contributed by atoms with Gasteiger partial charge in [0.05, 0.1) is 12.7 Å². The summed E-state index contributed by atoms with van der Waals surface area (Å²) in [5, 5.41) is 0. The fourth-order valence-corrected chi connectivity index (χ4v) is 6.62. The Balaban J connectivity index is 2.01. The molecule has 0 spiro atoms. The van der Waals surface area contributed by atoms with Crippen molar-refractivity contribution >= 4 is 28.6 Å². The van der Waals surface area contributed by atoms with E-state index in [0.717, 1.165) is 15.9 Å². The second kappa shape index (κ2) is 5.72. The summed E-state index contributed by atoms with van der Waals surface area (Å²) in [6, 6.07) is 0. The van der Waals surface area contributed by atoms with E-state index < -0.39 is 6.10 Å². The van der Waals surface area contributed by atoms with E-state index in [1.54, 1.807) is 0 Å². The van der Waals surface area contributed by atoms with Crippen LogP contribution in [-0.4, -0.2) is 24.8 Å². The Kier molecular flexibility index (Phi) is 4.40. The van der Waals surface area contributed by atoms with Gasteiger partial charge in [0.25, 0.3) is 0 Å². The van der Waals surface area contributed by atoms with E-state index >= 15 is 0 Å². The summed E-state index contributed by atoms with van der Waals surface area (Å²) in [6.45, 7) is 9.54. The van der Waals surface area contributed by atoms with E-state index in [9.17, 15) is 4.79 Å². The van der Waals surface area contributed by atoms with E-state index in [1.165, 1.54) is 32.8 Å². The first-order valence-corrected chi connectivity index (χ1v) is 9.85. The third kappa shape index (κ3) is 2.68. The van der Waals surface area contributed by atoms with E-state index in [1.807, 2.05) is 0 Å². The van der Waals surface area contributed by atoms with Crippen molar-refractivity contribution in [3.8, 4) is 0 Å². The lowest BCUT2D eigenvalue weighted by molar-refractivity contribution is -0.205. The highest BCUT2D eigenvalue weighted by Crippen LogP contribution is 2.64. The Labute approximate surface area is 153 Å². The van der Waals surface area contributed by atoms with Gasteiger partial charge in [-0.05, 0) is 71.9 Å². The second-order valence-corrected chi connectivity index (χ2v) is 10.0. The van der Waals surface area contributed by atoms with E-state index in [-0.39, 0.29) is 17.0 Å². The smallest absolute Gasteiger partial charge is 0.340 e. The van der Waals surface area contributed by atoms with Gasteiger partial charge in [0.15, 0.2) is 6.10 Å². The normalized spacial score (nSPS) is 45.5. The quantitative estimate of drug-likeness (QED) is 0.438. The summed E-state index contributed by atoms with van der Waals surface area (Å²) < 4.78 is 12.3. The molecule has 0 unspecified atom stereocenters. The lowest BCUT2D eigenvalue weighted by Crippen LogP contribution is -2.60. The monoisotopic (exact) mass is 432 g/mol. The van der Waals surface area contributed by atoms with Crippen LogP contribution in [0.25, 0.3) is 0 Å². The summed E-state index contributed by atoms with van der Waals surface area (Å²) >= 11 is 2.27. The van der Waals surface area contributed by atoms with Crippen LogP contribution < -0.4 is 0 Å². The summed E-state index contributed by atoms with van der Waals surface area (Å²) in [5.74, 6) is 0.822. The second-order valence-electron chi connectivity index (χ2n) is 8.80. The summed E-state index contributed by atoms with van der Waals surface area (Å²) in [7, 11) is 1.44. The molecule has 0 aromatic carbocycles. The number of carbonyl (C=O) groups is 1. The minimum atomic E-state index is -0.543. The minimum absolute atomic E-state index is 0.256. The average Bonchev–Trinajstić information content (AvgIpc) is 2.46. The van der Waals surface area contributed by atoms with Gasteiger partial charge in [-0.3, -0.25) is 0 Å². The fraction of sp³-hybridized carbons (Fsp3) is 0.842. The molecule has 2 aliphatic carbocycles. The third-order valence-corrected chi connectivity index (χ3v) is 7.88. The van der Waals surface area contributed by atoms with Crippen molar-refractivity contribution in [1.29, 1.82) is 0 Å². The van der Waals surface area contributed by atoms with Crippen molar-refractivity contribution in [3.05, 3.63) is 9.66 Å². The number of methoxy groups -OCH3 is 1. The lowest BCUT2D eigenvalue weighted by atomic mass is 9.45. The highest BCUT2D eigenvalue weighted by molar-refractivity contribution is 14.1. The van der Waals surface area contributed by atoms with E-state index in [0.29, 0.717) is 11.3 Å². The van der Waals surface area contributed by atoms with Crippen LogP contribution in [-0.2, 0) is 14.3 Å². The van der Waals surface area contributed by atoms with Gasteiger partial charge in [-0.25, -0.2) is 4.79 Å². The summed E-state index contributed by atoms with van der Waals surface area (Å²) in [4.78, 5) is 12.1. The molecule has 3 aliphatic rings. The van der Waals surface area contributed by atoms with Gasteiger partial charge in [0, 0.05) is 9.50 Å². The van der Waals surface area contributed by atoms with Crippen LogP contribution in [0, 0.1) is 22.7 Å². The van der Waals surface area contributed by atoms with Gasteiger partial charge in [-0.15, -0.1) is 0 Å². The van der Waals surface area contributed by atoms with Crippen LogP contribution >= 0.6 is 22.6 Å². The lowest BCUT2D eigenvalue weighted by Gasteiger charge is -2.62. The standard InChI is InChI=1S/C19H29IO3/c1-17(2)8-6-9-18(3)13(17)7-10-19(4)14(18)11-12(20)15(23-19)16(21)22-5/h11,13-15H,6-10H2,1-5H3/t13-,14+,15+,18-,19+/m1/s1. The van der Waals surface area contributed by atoms with Crippen LogP contribution in [0.4, 0.5) is 0 Å². The number of rotatable bonds is 1. The van der Waals surface area contributed by atoms with Crippen molar-refractivity contribution < 1.29 is 14.3 Å². The number of carbonyl (C=O) groups excluding carboxylic acids is 1. The Bertz CT molecular complexity index is 541. The first kappa shape index (κ1) is 17.7. The average molecular weight is 432 g/mol. The molecular formula is C19H29IO3. The summed E-state index contributed by atoms with van der Waals surface area (Å²) in [6.07, 6.45) is 7.87. The zero-order chi connectivity index (χ0) is 17.0. The number of halogens is 1. The first-order valence-electron chi connectivity index (χ1n) is 8.77. The van der Waals surface area contributed by atoms with Crippen molar-refractivity contribution in [3.63, 3.8) is 0 Å². The van der Waals surface area contributed by atoms with Crippen LogP contribution in [0.15, 0.2) is 9.66 Å². The highest BCUT2D eigenvalue weighted by atomic mass is 127. The van der Waals surface area contributed by atoms with Crippen molar-refractivity contribution in [2.24, 2.45) is 22.7 Å². The van der Waals surface area contributed by atoms with Crippen LogP contribution in [0.3, 0.4) is 0 Å². The molecule has 130 valence electrons. The molecule has 0 amide bonds. The molecule has 0 radical (unpaired) electrons. The third-order valence-electron chi connectivity index (χ3n) is 6.95. The van der Waals surface area contributed by atoms with Gasteiger partial charge in [-0.2, -0.15) is 0 Å². The fourth-order valence-electron chi connectivity index (χ4n) is 5.88. The van der Waals surface area contributed by atoms with Gasteiger partial charge in [0.2, 0.25) is 0 Å². The molecule has 1 aliphatic heterocycles. The molecule has 5 atom stereocenters. The number of esters is 1. The molecule has 1 heterocycles. The number of hydrogen-bond donors (Lipinski definition) is 0. The zero-order valence-electron chi connectivity index (χ0n) is 14.9. The molecule has 3 rings (SSSR count). The first-order chi connectivity index (χ1) is 10.6. The van der Waals surface area contributed by atoms with Gasteiger partial charge in [-0.1, -0.05) is 33.3 Å². The van der Waals surface area contributed by atoms with Crippen LogP contribution in [0.5, 0.6) is 0 Å². The molecule has 4 heteroatoms. The predicted molar refractivity (Wildman–Crippen MR) is 99.4 cm³/mol. The Morgan fingerprint density at radius 3 is 2.61 bits per heavy atom. The van der Waals surface area contributed by atoms with Gasteiger partial charge >= 0.3 is 5.97 Å². The largest absolute Gasteiger partial charge is 0.467 e. The molecule has 23 heavy (non-hydrogen) atoms. The van der Waals surface area contributed by atoms with Gasteiger partial charge < -0.3 is 9.47 Å². The Morgan fingerprint density at radius 1 is 1.26 bits per heavy atom. The minimum Gasteiger partial charge on any atom is -0.467 e. The maximum atomic E-state index is 12.1. The molecule has 0 bridgehead atoms. The molecule has 2 fully saturated rings. The number of fused-ring (bicyclic) bond motifs is 3. The maximum absolute atomic E-state index is 12.1. The van der Waals surface area contributed by atoms with Crippen molar-refractivity contribution in [2.75, 3.05) is 7.11 Å². The molecule has 2 saturated carbocycles. The van der Waals surface area contributed by atoms with Crippen LogP contribution in [0.2, 0.25) is 0 Å². The molecule has 0 saturated heterocycles. The number of ether oxygens (including phenoxy) is 2. The number of hydrogen-bond acceptors (Lipinski definition) is 3.